The smallest absolute Gasteiger partial charge is 0.202 e. The molecule has 7 atom stereocenters. The van der Waals surface area contributed by atoms with E-state index in [2.05, 4.69) is 10.2 Å². The Labute approximate surface area is 256 Å². The maximum Gasteiger partial charge on any atom is 0.202 e. The highest BCUT2D eigenvalue weighted by atomic mass is 16.7. The van der Waals surface area contributed by atoms with Crippen molar-refractivity contribution in [1.82, 2.24) is 10.2 Å². The van der Waals surface area contributed by atoms with Gasteiger partial charge in [-0.05, 0) is 53.5 Å². The lowest BCUT2D eigenvalue weighted by Gasteiger charge is -2.45. The van der Waals surface area contributed by atoms with E-state index in [1.165, 1.54) is 13.2 Å². The fraction of sp³-hybridized carbons (Fsp3) is 0.562. The number of aromatic hydroxyl groups is 2. The Balaban J connectivity index is 1.60. The average Bonchev–Trinajstić information content (AvgIpc) is 2.97. The zero-order valence-corrected chi connectivity index (χ0v) is 25.8. The molecule has 0 radical (unpaired) electrons. The van der Waals surface area contributed by atoms with Gasteiger partial charge in [0.15, 0.2) is 12.1 Å². The lowest BCUT2D eigenvalue weighted by atomic mass is 9.71. The molecule has 2 aromatic carbocycles. The summed E-state index contributed by atoms with van der Waals surface area (Å²) >= 11 is 0. The van der Waals surface area contributed by atoms with Crippen LogP contribution in [0, 0.1) is 0 Å². The standard InChI is InChI=1S/C32H43N3O9/c1-15-27(36)19(33)12-22(43-15)44-21-14-32(41,16(2)34-10-7-11-35(3)4)13-18-24(21)31(40)26-25(29(18)38)28(37)17-8-6-9-20(42-5)23(17)30(26)39/h6,8-9,15-16,19,21-22,27,34,36,38,40-41H,7,10-14,33H2,1-5H3. The number of hydrogen-bond acceptors (Lipinski definition) is 12. The van der Waals surface area contributed by atoms with Crippen LogP contribution >= 0.6 is 0 Å². The summed E-state index contributed by atoms with van der Waals surface area (Å²) in [5.74, 6) is -2.15. The van der Waals surface area contributed by atoms with Crippen molar-refractivity contribution in [3.8, 4) is 17.2 Å². The van der Waals surface area contributed by atoms with E-state index in [0.29, 0.717) is 6.54 Å². The number of rotatable bonds is 9. The molecule has 0 amide bonds. The van der Waals surface area contributed by atoms with Crippen molar-refractivity contribution >= 4 is 11.6 Å². The number of carbonyl (C=O) groups excluding carboxylic acids is 2. The first-order chi connectivity index (χ1) is 20.8. The Morgan fingerprint density at radius 1 is 1.16 bits per heavy atom. The highest BCUT2D eigenvalue weighted by molar-refractivity contribution is 6.31. The molecule has 0 spiro atoms. The van der Waals surface area contributed by atoms with E-state index in [1.807, 2.05) is 21.0 Å². The highest BCUT2D eigenvalue weighted by Crippen LogP contribution is 2.53. The van der Waals surface area contributed by atoms with E-state index in [9.17, 15) is 30.0 Å². The molecule has 44 heavy (non-hydrogen) atoms. The number of ether oxygens (including phenoxy) is 3. The maximum absolute atomic E-state index is 13.9. The van der Waals surface area contributed by atoms with Crippen molar-refractivity contribution < 1.29 is 44.2 Å². The van der Waals surface area contributed by atoms with Crippen LogP contribution in [0.2, 0.25) is 0 Å². The zero-order valence-electron chi connectivity index (χ0n) is 25.8. The first-order valence-electron chi connectivity index (χ1n) is 15.0. The SMILES string of the molecule is COc1cccc2c1C(=O)c1c(O)c3c(c(O)c1C2=O)CC(O)(C(C)NCCCN(C)C)CC3OC1CC(N)C(O)C(C)O1. The van der Waals surface area contributed by atoms with Gasteiger partial charge in [-0.25, -0.2) is 0 Å². The molecule has 12 nitrogen and oxygen atoms in total. The van der Waals surface area contributed by atoms with E-state index >= 15 is 0 Å². The molecule has 0 saturated carbocycles. The summed E-state index contributed by atoms with van der Waals surface area (Å²) in [7, 11) is 5.33. The molecule has 1 aliphatic heterocycles. The number of nitrogens with zero attached hydrogens (tertiary/aromatic N) is 1. The van der Waals surface area contributed by atoms with Gasteiger partial charge < -0.3 is 50.6 Å². The number of carbonyl (C=O) groups is 2. The second kappa shape index (κ2) is 12.4. The van der Waals surface area contributed by atoms with E-state index < -0.39 is 65.4 Å². The number of benzene rings is 2. The Morgan fingerprint density at radius 3 is 2.52 bits per heavy atom. The van der Waals surface area contributed by atoms with Crippen molar-refractivity contribution in [3.05, 3.63) is 51.6 Å². The third-order valence-electron chi connectivity index (χ3n) is 9.21. The van der Waals surface area contributed by atoms with Crippen LogP contribution in [0.1, 0.15) is 82.2 Å². The van der Waals surface area contributed by atoms with Crippen LogP contribution in [0.3, 0.4) is 0 Å². The normalized spacial score (nSPS) is 28.8. The van der Waals surface area contributed by atoms with Gasteiger partial charge in [0.05, 0.1) is 47.7 Å². The Bertz CT molecular complexity index is 1430. The lowest BCUT2D eigenvalue weighted by Crippen LogP contribution is -2.55. The molecule has 0 aromatic heterocycles. The molecular weight excluding hydrogens is 570 g/mol. The van der Waals surface area contributed by atoms with Crippen LogP contribution in [0.25, 0.3) is 0 Å². The van der Waals surface area contributed by atoms with Crippen molar-refractivity contribution in [1.29, 1.82) is 0 Å². The summed E-state index contributed by atoms with van der Waals surface area (Å²) in [5, 5.41) is 49.2. The number of phenolic OH excluding ortho intramolecular Hbond substituents is 2. The van der Waals surface area contributed by atoms with Crippen LogP contribution in [0.4, 0.5) is 0 Å². The van der Waals surface area contributed by atoms with Gasteiger partial charge in [0.2, 0.25) is 5.78 Å². The molecule has 1 saturated heterocycles. The van der Waals surface area contributed by atoms with Gasteiger partial charge in [0.25, 0.3) is 0 Å². The number of ketones is 2. The highest BCUT2D eigenvalue weighted by Gasteiger charge is 2.49. The average molecular weight is 614 g/mol. The predicted molar refractivity (Wildman–Crippen MR) is 160 cm³/mol. The fourth-order valence-corrected chi connectivity index (χ4v) is 6.65. The number of methoxy groups -OCH3 is 1. The molecule has 7 unspecified atom stereocenters. The third kappa shape index (κ3) is 5.60. The number of hydrogen-bond donors (Lipinski definition) is 6. The second-order valence-corrected chi connectivity index (χ2v) is 12.5. The molecule has 0 bridgehead atoms. The molecule has 2 aliphatic carbocycles. The van der Waals surface area contributed by atoms with Gasteiger partial charge in [-0.15, -0.1) is 0 Å². The van der Waals surface area contributed by atoms with Gasteiger partial charge in [0.1, 0.15) is 17.2 Å². The topological polar surface area (TPSA) is 184 Å². The number of aliphatic hydroxyl groups is 2. The minimum absolute atomic E-state index is 0.00752. The van der Waals surface area contributed by atoms with Crippen LogP contribution in [-0.2, 0) is 15.9 Å². The molecule has 7 N–H and O–H groups in total. The molecule has 12 heteroatoms. The Morgan fingerprint density at radius 2 is 1.86 bits per heavy atom. The Hall–Kier alpha value is -3.10. The van der Waals surface area contributed by atoms with Gasteiger partial charge in [-0.1, -0.05) is 12.1 Å². The minimum atomic E-state index is -1.49. The molecule has 240 valence electrons. The number of aliphatic hydroxyl groups excluding tert-OH is 1. The number of nitrogens with one attached hydrogen (secondary N) is 1. The van der Waals surface area contributed by atoms with E-state index in [-0.39, 0.29) is 58.4 Å². The fourth-order valence-electron chi connectivity index (χ4n) is 6.65. The summed E-state index contributed by atoms with van der Waals surface area (Å²) in [4.78, 5) is 29.7. The molecule has 1 heterocycles. The predicted octanol–water partition coefficient (Wildman–Crippen LogP) is 1.37. The molecular formula is C32H43N3O9. The van der Waals surface area contributed by atoms with E-state index in [4.69, 9.17) is 19.9 Å². The van der Waals surface area contributed by atoms with Crippen molar-refractivity contribution in [2.24, 2.45) is 5.73 Å². The summed E-state index contributed by atoms with van der Waals surface area (Å²) in [6.07, 6.45) is -2.71. The minimum Gasteiger partial charge on any atom is -0.507 e. The summed E-state index contributed by atoms with van der Waals surface area (Å²) in [6, 6.07) is 3.46. The summed E-state index contributed by atoms with van der Waals surface area (Å²) < 4.78 is 17.6. The summed E-state index contributed by atoms with van der Waals surface area (Å²) in [5.41, 5.74) is 4.24. The molecule has 3 aliphatic rings. The van der Waals surface area contributed by atoms with Crippen LogP contribution in [0.15, 0.2) is 18.2 Å². The van der Waals surface area contributed by atoms with E-state index in [0.717, 1.165) is 13.0 Å². The van der Waals surface area contributed by atoms with Gasteiger partial charge in [-0.2, -0.15) is 0 Å². The second-order valence-electron chi connectivity index (χ2n) is 12.5. The number of nitrogens with two attached hydrogens (primary N) is 1. The molecule has 1 fully saturated rings. The van der Waals surface area contributed by atoms with Crippen molar-refractivity contribution in [3.63, 3.8) is 0 Å². The summed E-state index contributed by atoms with van der Waals surface area (Å²) in [6.45, 7) is 4.96. The Kier molecular flexibility index (Phi) is 9.07. The zero-order chi connectivity index (χ0) is 32.1. The quantitative estimate of drug-likeness (QED) is 0.151. The van der Waals surface area contributed by atoms with Gasteiger partial charge in [-0.3, -0.25) is 9.59 Å². The largest absolute Gasteiger partial charge is 0.507 e. The van der Waals surface area contributed by atoms with Crippen LogP contribution < -0.4 is 15.8 Å². The monoisotopic (exact) mass is 613 g/mol. The maximum atomic E-state index is 13.9. The van der Waals surface area contributed by atoms with Gasteiger partial charge >= 0.3 is 0 Å². The van der Waals surface area contributed by atoms with Crippen molar-refractivity contribution in [2.75, 3.05) is 34.3 Å². The number of fused-ring (bicyclic) bond motifs is 3. The van der Waals surface area contributed by atoms with Crippen LogP contribution in [0.5, 0.6) is 17.2 Å². The first kappa shape index (κ1) is 32.3. The van der Waals surface area contributed by atoms with Crippen molar-refractivity contribution in [2.45, 2.75) is 81.8 Å². The molecule has 2 aromatic rings. The van der Waals surface area contributed by atoms with Crippen LogP contribution in [-0.4, -0.2) is 107 Å². The number of phenols is 2. The van der Waals surface area contributed by atoms with Gasteiger partial charge in [0, 0.05) is 48.0 Å². The first-order valence-corrected chi connectivity index (χ1v) is 15.0. The molecule has 5 rings (SSSR count). The van der Waals surface area contributed by atoms with E-state index in [1.54, 1.807) is 19.1 Å². The third-order valence-corrected chi connectivity index (χ3v) is 9.21. The lowest BCUT2D eigenvalue weighted by molar-refractivity contribution is -0.248.